The van der Waals surface area contributed by atoms with E-state index in [9.17, 15) is 0 Å². The highest BCUT2D eigenvalue weighted by molar-refractivity contribution is 4.96. The van der Waals surface area contributed by atoms with E-state index < -0.39 is 0 Å². The molecule has 1 atom stereocenters. The Morgan fingerprint density at radius 3 is 3.40 bits per heavy atom. The number of hydrogen-bond acceptors (Lipinski definition) is 4. The minimum absolute atomic E-state index is 0.0880. The molecule has 4 heteroatoms. The molecule has 1 fully saturated rings. The van der Waals surface area contributed by atoms with Crippen LogP contribution in [0.2, 0.25) is 0 Å². The predicted molar refractivity (Wildman–Crippen MR) is 32.0 cm³/mol. The minimum atomic E-state index is -0.0880. The first kappa shape index (κ1) is 5.88. The second-order valence-corrected chi connectivity index (χ2v) is 2.07. The molecule has 2 heterocycles. The normalized spacial score (nSPS) is 25.4. The summed E-state index contributed by atoms with van der Waals surface area (Å²) in [5, 5.41) is 3.09. The molecule has 1 aliphatic heterocycles. The van der Waals surface area contributed by atoms with Gasteiger partial charge in [-0.05, 0) is 0 Å². The van der Waals surface area contributed by atoms with E-state index >= 15 is 0 Å². The van der Waals surface area contributed by atoms with Gasteiger partial charge < -0.3 is 9.15 Å². The molecule has 10 heavy (non-hydrogen) atoms. The first-order valence-electron chi connectivity index (χ1n) is 3.13. The number of ether oxygens (including phenoxy) is 1. The molecule has 1 aromatic rings. The molecule has 0 saturated carbocycles. The molecule has 1 aromatic heterocycles. The quantitative estimate of drug-likeness (QED) is 0.599. The predicted octanol–water partition coefficient (Wildman–Crippen LogP) is 0.0932. The van der Waals surface area contributed by atoms with Crippen LogP contribution in [0, 0.1) is 6.39 Å². The summed E-state index contributed by atoms with van der Waals surface area (Å²) in [5.74, 6) is 0. The van der Waals surface area contributed by atoms with Crippen LogP contribution in [0.5, 0.6) is 0 Å². The van der Waals surface area contributed by atoms with Crippen molar-refractivity contribution in [3.8, 4) is 0 Å². The van der Waals surface area contributed by atoms with Gasteiger partial charge in [0.2, 0.25) is 0 Å². The molecule has 0 amide bonds. The highest BCUT2D eigenvalue weighted by Crippen LogP contribution is 2.14. The third kappa shape index (κ3) is 0.913. The fourth-order valence-electron chi connectivity index (χ4n) is 0.928. The molecule has 0 spiro atoms. The summed E-state index contributed by atoms with van der Waals surface area (Å²) >= 11 is 0. The summed E-state index contributed by atoms with van der Waals surface area (Å²) in [6, 6.07) is 0. The molecule has 53 valence electrons. The van der Waals surface area contributed by atoms with Gasteiger partial charge in [0.25, 0.3) is 6.39 Å². The molecule has 0 aromatic carbocycles. The van der Waals surface area contributed by atoms with E-state index in [1.165, 1.54) is 6.26 Å². The molecule has 1 radical (unpaired) electrons. The lowest BCUT2D eigenvalue weighted by Gasteiger charge is -2.02. The van der Waals surface area contributed by atoms with Crippen LogP contribution in [0.4, 0.5) is 0 Å². The highest BCUT2D eigenvalue weighted by atomic mass is 16.5. The largest absolute Gasteiger partial charge is 0.441 e. The maximum absolute atomic E-state index is 5.24. The van der Waals surface area contributed by atoms with Gasteiger partial charge in [-0.3, -0.25) is 5.32 Å². The summed E-state index contributed by atoms with van der Waals surface area (Å²) in [7, 11) is 0. The maximum Gasteiger partial charge on any atom is 0.283 e. The van der Waals surface area contributed by atoms with Crippen LogP contribution >= 0.6 is 0 Å². The van der Waals surface area contributed by atoms with Gasteiger partial charge in [-0.1, -0.05) is 0 Å². The van der Waals surface area contributed by atoms with Crippen molar-refractivity contribution >= 4 is 0 Å². The van der Waals surface area contributed by atoms with Crippen molar-refractivity contribution in [1.82, 2.24) is 10.3 Å². The Hall–Kier alpha value is -0.870. The number of nitrogens with zero attached hydrogens (tertiary/aromatic N) is 1. The number of rotatable bonds is 1. The molecular formula is C6H7N2O2. The Morgan fingerprint density at radius 1 is 1.80 bits per heavy atom. The van der Waals surface area contributed by atoms with Gasteiger partial charge in [-0.2, -0.15) is 0 Å². The second kappa shape index (κ2) is 2.40. The standard InChI is InChI=1S/C6H7N2O2/c1-2-10-6(7-1)5-3-9-4-8-5/h3,6-7H,1-2H2. The Bertz CT molecular complexity index is 192. The lowest BCUT2D eigenvalue weighted by atomic mass is 10.4. The van der Waals surface area contributed by atoms with Gasteiger partial charge in [0.1, 0.15) is 12.0 Å². The van der Waals surface area contributed by atoms with Crippen molar-refractivity contribution in [3.05, 3.63) is 18.4 Å². The van der Waals surface area contributed by atoms with Gasteiger partial charge in [0, 0.05) is 6.54 Å². The first-order chi connectivity index (χ1) is 4.97. The number of aromatic nitrogens is 1. The number of nitrogens with one attached hydrogen (secondary N) is 1. The van der Waals surface area contributed by atoms with E-state index in [4.69, 9.17) is 4.74 Å². The van der Waals surface area contributed by atoms with Crippen molar-refractivity contribution in [2.24, 2.45) is 0 Å². The van der Waals surface area contributed by atoms with Gasteiger partial charge in [0.05, 0.1) is 6.61 Å². The zero-order valence-corrected chi connectivity index (χ0v) is 5.33. The fraction of sp³-hybridized carbons (Fsp3) is 0.500. The SMILES string of the molecule is [c]1nc(C2NCCO2)co1. The summed E-state index contributed by atoms with van der Waals surface area (Å²) in [6.45, 7) is 1.61. The zero-order chi connectivity index (χ0) is 6.81. The maximum atomic E-state index is 5.24. The van der Waals surface area contributed by atoms with Crippen LogP contribution in [0.25, 0.3) is 0 Å². The first-order valence-corrected chi connectivity index (χ1v) is 3.13. The molecule has 0 bridgehead atoms. The summed E-state index contributed by atoms with van der Waals surface area (Å²) < 4.78 is 9.91. The van der Waals surface area contributed by atoms with Crippen molar-refractivity contribution in [2.45, 2.75) is 6.23 Å². The van der Waals surface area contributed by atoms with Gasteiger partial charge in [-0.25, -0.2) is 4.98 Å². The van der Waals surface area contributed by atoms with Crippen molar-refractivity contribution < 1.29 is 9.15 Å². The van der Waals surface area contributed by atoms with E-state index in [2.05, 4.69) is 21.1 Å². The van der Waals surface area contributed by atoms with Crippen molar-refractivity contribution in [3.63, 3.8) is 0 Å². The van der Waals surface area contributed by atoms with Crippen LogP contribution in [0.15, 0.2) is 10.7 Å². The van der Waals surface area contributed by atoms with E-state index in [1.807, 2.05) is 0 Å². The molecule has 1 aliphatic rings. The summed E-state index contributed by atoms with van der Waals surface area (Å²) in [4.78, 5) is 3.82. The van der Waals surface area contributed by atoms with Crippen molar-refractivity contribution in [1.29, 1.82) is 0 Å². The Balaban J connectivity index is 2.12. The summed E-state index contributed by atoms with van der Waals surface area (Å²) in [6.07, 6.45) is 3.80. The third-order valence-corrected chi connectivity index (χ3v) is 1.39. The number of hydrogen-bond donors (Lipinski definition) is 1. The monoisotopic (exact) mass is 139 g/mol. The van der Waals surface area contributed by atoms with Crippen LogP contribution in [-0.4, -0.2) is 18.1 Å². The molecule has 1 saturated heterocycles. The van der Waals surface area contributed by atoms with E-state index in [1.54, 1.807) is 0 Å². The third-order valence-electron chi connectivity index (χ3n) is 1.39. The van der Waals surface area contributed by atoms with Gasteiger partial charge in [-0.15, -0.1) is 0 Å². The summed E-state index contributed by atoms with van der Waals surface area (Å²) in [5.41, 5.74) is 0.762. The second-order valence-electron chi connectivity index (χ2n) is 2.07. The Morgan fingerprint density at radius 2 is 2.80 bits per heavy atom. The molecule has 1 unspecified atom stereocenters. The zero-order valence-electron chi connectivity index (χ0n) is 5.33. The van der Waals surface area contributed by atoms with Crippen LogP contribution in [0.1, 0.15) is 11.9 Å². The van der Waals surface area contributed by atoms with Crippen LogP contribution in [-0.2, 0) is 4.74 Å². The topological polar surface area (TPSA) is 47.3 Å². The minimum Gasteiger partial charge on any atom is -0.441 e. The lowest BCUT2D eigenvalue weighted by molar-refractivity contribution is 0.0984. The molecule has 1 N–H and O–H groups in total. The lowest BCUT2D eigenvalue weighted by Crippen LogP contribution is -2.13. The van der Waals surface area contributed by atoms with Gasteiger partial charge >= 0.3 is 0 Å². The Kier molecular flexibility index (Phi) is 1.41. The van der Waals surface area contributed by atoms with E-state index in [0.717, 1.165) is 18.8 Å². The van der Waals surface area contributed by atoms with E-state index in [0.29, 0.717) is 0 Å². The molecule has 0 aliphatic carbocycles. The average Bonchev–Trinajstić information content (AvgIpc) is 2.59. The average molecular weight is 139 g/mol. The molecule has 2 rings (SSSR count). The number of oxazole rings is 1. The van der Waals surface area contributed by atoms with Gasteiger partial charge in [0.15, 0.2) is 6.23 Å². The van der Waals surface area contributed by atoms with E-state index in [-0.39, 0.29) is 6.23 Å². The highest BCUT2D eigenvalue weighted by Gasteiger charge is 2.18. The van der Waals surface area contributed by atoms with Crippen molar-refractivity contribution in [2.75, 3.05) is 13.2 Å². The van der Waals surface area contributed by atoms with Crippen LogP contribution in [0.3, 0.4) is 0 Å². The smallest absolute Gasteiger partial charge is 0.283 e. The Labute approximate surface area is 58.2 Å². The molecule has 4 nitrogen and oxygen atoms in total. The van der Waals surface area contributed by atoms with Crippen LogP contribution < -0.4 is 5.32 Å². The molecular weight excluding hydrogens is 132 g/mol. The fourth-order valence-corrected chi connectivity index (χ4v) is 0.928.